The molecule has 1 amide bonds. The van der Waals surface area contributed by atoms with Crippen LogP contribution in [0.1, 0.15) is 5.56 Å². The van der Waals surface area contributed by atoms with Crippen molar-refractivity contribution in [1.82, 2.24) is 10.3 Å². The Kier molecular flexibility index (Phi) is 6.60. The molecule has 1 aliphatic rings. The predicted octanol–water partition coefficient (Wildman–Crippen LogP) is 1.03. The van der Waals surface area contributed by atoms with Crippen molar-refractivity contribution in [3.8, 4) is 5.75 Å². The Morgan fingerprint density at radius 3 is 3.05 bits per heavy atom. The van der Waals surface area contributed by atoms with Crippen molar-refractivity contribution in [3.05, 3.63) is 42.5 Å². The molecule has 0 aromatic heterocycles. The summed E-state index contributed by atoms with van der Waals surface area (Å²) in [5.74, 6) is 0.612. The van der Waals surface area contributed by atoms with E-state index in [0.29, 0.717) is 26.4 Å². The van der Waals surface area contributed by atoms with Gasteiger partial charge < -0.3 is 9.47 Å². The van der Waals surface area contributed by atoms with Gasteiger partial charge in [0.05, 0.1) is 26.0 Å². The Labute approximate surface area is 130 Å². The maximum atomic E-state index is 11.8. The van der Waals surface area contributed by atoms with Crippen LogP contribution in [-0.2, 0) is 9.53 Å². The molecular weight excluding hydrogens is 282 g/mol. The van der Waals surface area contributed by atoms with Crippen LogP contribution in [0.25, 0.3) is 0 Å². The maximum Gasteiger partial charge on any atom is 0.254 e. The smallest absolute Gasteiger partial charge is 0.254 e. The molecule has 1 N–H and O–H groups in total. The zero-order valence-corrected chi connectivity index (χ0v) is 12.5. The van der Waals surface area contributed by atoms with Crippen molar-refractivity contribution in [1.29, 1.82) is 0 Å². The molecule has 1 aromatic carbocycles. The lowest BCUT2D eigenvalue weighted by molar-refractivity contribution is -0.123. The molecule has 118 valence electrons. The molecule has 22 heavy (non-hydrogen) atoms. The number of carbonyl (C=O) groups is 1. The fraction of sp³-hybridized carbons (Fsp3) is 0.375. The molecule has 6 nitrogen and oxygen atoms in total. The third-order valence-electron chi connectivity index (χ3n) is 3.10. The van der Waals surface area contributed by atoms with E-state index in [1.807, 2.05) is 29.2 Å². The number of nitrogens with zero attached hydrogens (tertiary/aromatic N) is 2. The van der Waals surface area contributed by atoms with Crippen molar-refractivity contribution in [2.75, 3.05) is 39.5 Å². The average Bonchev–Trinajstić information content (AvgIpc) is 2.54. The van der Waals surface area contributed by atoms with Gasteiger partial charge in [0, 0.05) is 13.1 Å². The van der Waals surface area contributed by atoms with Gasteiger partial charge in [0.15, 0.2) is 0 Å². The van der Waals surface area contributed by atoms with Crippen LogP contribution in [0.15, 0.2) is 42.0 Å². The van der Waals surface area contributed by atoms with Crippen molar-refractivity contribution < 1.29 is 14.3 Å². The predicted molar refractivity (Wildman–Crippen MR) is 85.1 cm³/mol. The third-order valence-corrected chi connectivity index (χ3v) is 3.10. The van der Waals surface area contributed by atoms with Gasteiger partial charge >= 0.3 is 0 Å². The Balaban J connectivity index is 1.78. The molecule has 0 unspecified atom stereocenters. The highest BCUT2D eigenvalue weighted by Gasteiger charge is 2.13. The molecule has 1 heterocycles. The number of nitrogens with one attached hydrogen (secondary N) is 1. The summed E-state index contributed by atoms with van der Waals surface area (Å²) in [6.45, 7) is 7.30. The number of amides is 1. The largest absolute Gasteiger partial charge is 0.490 e. The minimum absolute atomic E-state index is 0.128. The minimum Gasteiger partial charge on any atom is -0.490 e. The van der Waals surface area contributed by atoms with Crippen LogP contribution in [0.3, 0.4) is 0 Å². The normalized spacial score (nSPS) is 15.6. The van der Waals surface area contributed by atoms with Gasteiger partial charge in [0.1, 0.15) is 12.4 Å². The SMILES string of the molecule is C=CCOc1cccc(/C=N\NC(=O)CN2CCOCC2)c1. The van der Waals surface area contributed by atoms with Crippen molar-refractivity contribution in [2.24, 2.45) is 5.10 Å². The number of benzene rings is 1. The van der Waals surface area contributed by atoms with E-state index in [2.05, 4.69) is 17.1 Å². The molecule has 1 aliphatic heterocycles. The van der Waals surface area contributed by atoms with Gasteiger partial charge in [0.25, 0.3) is 5.91 Å². The van der Waals surface area contributed by atoms with E-state index in [9.17, 15) is 4.79 Å². The lowest BCUT2D eigenvalue weighted by atomic mass is 10.2. The van der Waals surface area contributed by atoms with E-state index in [1.54, 1.807) is 12.3 Å². The first-order valence-electron chi connectivity index (χ1n) is 7.23. The summed E-state index contributed by atoms with van der Waals surface area (Å²) >= 11 is 0. The molecule has 0 radical (unpaired) electrons. The van der Waals surface area contributed by atoms with Crippen LogP contribution in [0.4, 0.5) is 0 Å². The first kappa shape index (κ1) is 16.2. The lowest BCUT2D eigenvalue weighted by Gasteiger charge is -2.25. The molecule has 2 rings (SSSR count). The topological polar surface area (TPSA) is 63.2 Å². The number of rotatable bonds is 7. The van der Waals surface area contributed by atoms with Gasteiger partial charge in [-0.15, -0.1) is 0 Å². The summed E-state index contributed by atoms with van der Waals surface area (Å²) < 4.78 is 10.7. The first-order chi connectivity index (χ1) is 10.8. The summed E-state index contributed by atoms with van der Waals surface area (Å²) in [6.07, 6.45) is 3.28. The second-order valence-corrected chi connectivity index (χ2v) is 4.85. The molecule has 0 aliphatic carbocycles. The van der Waals surface area contributed by atoms with E-state index < -0.39 is 0 Å². The van der Waals surface area contributed by atoms with E-state index in [4.69, 9.17) is 9.47 Å². The van der Waals surface area contributed by atoms with Crippen LogP contribution in [0.5, 0.6) is 5.75 Å². The Morgan fingerprint density at radius 1 is 1.45 bits per heavy atom. The zero-order chi connectivity index (χ0) is 15.6. The molecule has 1 aromatic rings. The first-order valence-corrected chi connectivity index (χ1v) is 7.23. The van der Waals surface area contributed by atoms with Crippen molar-refractivity contribution in [3.63, 3.8) is 0 Å². The minimum atomic E-state index is -0.128. The van der Waals surface area contributed by atoms with Crippen LogP contribution in [0, 0.1) is 0 Å². The number of hydrogen-bond acceptors (Lipinski definition) is 5. The van der Waals surface area contributed by atoms with Crippen LogP contribution >= 0.6 is 0 Å². The van der Waals surface area contributed by atoms with E-state index in [-0.39, 0.29) is 5.91 Å². The van der Waals surface area contributed by atoms with Crippen molar-refractivity contribution >= 4 is 12.1 Å². The van der Waals surface area contributed by atoms with Crippen LogP contribution in [0.2, 0.25) is 0 Å². The second kappa shape index (κ2) is 8.96. The molecule has 1 fully saturated rings. The summed E-state index contributed by atoms with van der Waals surface area (Å²) in [7, 11) is 0. The highest BCUT2D eigenvalue weighted by Crippen LogP contribution is 2.11. The number of hydrogen-bond donors (Lipinski definition) is 1. The molecule has 0 bridgehead atoms. The quantitative estimate of drug-likeness (QED) is 0.464. The number of ether oxygens (including phenoxy) is 2. The summed E-state index contributed by atoms with van der Waals surface area (Å²) in [5.41, 5.74) is 3.39. The monoisotopic (exact) mass is 303 g/mol. The number of carbonyl (C=O) groups excluding carboxylic acids is 1. The lowest BCUT2D eigenvalue weighted by Crippen LogP contribution is -2.42. The van der Waals surface area contributed by atoms with Crippen molar-refractivity contribution in [2.45, 2.75) is 0 Å². The van der Waals surface area contributed by atoms with E-state index in [1.165, 1.54) is 0 Å². The molecule has 1 saturated heterocycles. The van der Waals surface area contributed by atoms with E-state index in [0.717, 1.165) is 24.4 Å². The van der Waals surface area contributed by atoms with E-state index >= 15 is 0 Å². The number of hydrazone groups is 1. The van der Waals surface area contributed by atoms with Gasteiger partial charge in [-0.3, -0.25) is 9.69 Å². The Bertz CT molecular complexity index is 525. The molecule has 0 atom stereocenters. The molecule has 0 saturated carbocycles. The summed E-state index contributed by atoms with van der Waals surface area (Å²) in [4.78, 5) is 13.8. The maximum absolute atomic E-state index is 11.8. The molecule has 6 heteroatoms. The van der Waals surface area contributed by atoms with Gasteiger partial charge in [-0.2, -0.15) is 5.10 Å². The standard InChI is InChI=1S/C16H21N3O3/c1-2-8-22-15-5-3-4-14(11-15)12-17-18-16(20)13-19-6-9-21-10-7-19/h2-5,11-12H,1,6-10,13H2,(H,18,20)/b17-12-. The van der Waals surface area contributed by atoms with Crippen LogP contribution in [-0.4, -0.2) is 56.5 Å². The van der Waals surface area contributed by atoms with Gasteiger partial charge in [-0.1, -0.05) is 24.8 Å². The van der Waals surface area contributed by atoms with Gasteiger partial charge in [-0.05, 0) is 17.7 Å². The third kappa shape index (κ3) is 5.67. The molecular formula is C16H21N3O3. The fourth-order valence-corrected chi connectivity index (χ4v) is 2.02. The highest BCUT2D eigenvalue weighted by atomic mass is 16.5. The Hall–Kier alpha value is -2.18. The van der Waals surface area contributed by atoms with Gasteiger partial charge in [0.2, 0.25) is 0 Å². The van der Waals surface area contributed by atoms with Crippen LogP contribution < -0.4 is 10.2 Å². The fourth-order valence-electron chi connectivity index (χ4n) is 2.02. The second-order valence-electron chi connectivity index (χ2n) is 4.85. The van der Waals surface area contributed by atoms with Gasteiger partial charge in [-0.25, -0.2) is 5.43 Å². The average molecular weight is 303 g/mol. The number of morpholine rings is 1. The summed E-state index contributed by atoms with van der Waals surface area (Å²) in [6, 6.07) is 7.46. The highest BCUT2D eigenvalue weighted by molar-refractivity contribution is 5.83. The Morgan fingerprint density at radius 2 is 2.27 bits per heavy atom. The zero-order valence-electron chi connectivity index (χ0n) is 12.5. The summed E-state index contributed by atoms with van der Waals surface area (Å²) in [5, 5.41) is 3.97. The molecule has 0 spiro atoms.